The van der Waals surface area contributed by atoms with Crippen LogP contribution in [0.1, 0.15) is 55.5 Å². The van der Waals surface area contributed by atoms with Gasteiger partial charge in [-0.2, -0.15) is 0 Å². The highest BCUT2D eigenvalue weighted by atomic mass is 32.1. The fourth-order valence-corrected chi connectivity index (χ4v) is 6.51. The smallest absolute Gasteiger partial charge is 0.264 e. The van der Waals surface area contributed by atoms with Gasteiger partial charge in [0.2, 0.25) is 0 Å². The van der Waals surface area contributed by atoms with Crippen LogP contribution in [0.2, 0.25) is 0 Å². The number of carbonyl (C=O) groups is 1. The van der Waals surface area contributed by atoms with Crippen LogP contribution in [-0.4, -0.2) is 21.4 Å². The first kappa shape index (κ1) is 22.0. The van der Waals surface area contributed by atoms with Gasteiger partial charge >= 0.3 is 0 Å². The number of rotatable bonds is 5. The highest BCUT2D eigenvalue weighted by Crippen LogP contribution is 2.36. The molecule has 3 atom stereocenters. The SMILES string of the molecule is CCn1c(=O)c2cc(C(=O)N(Cc3ccco3)[C@@H]3CCC[C@H](C)[C@@H]3C)sc2c2ccccc21. The average molecular weight is 463 g/mol. The van der Waals surface area contributed by atoms with Crippen molar-refractivity contribution in [1.82, 2.24) is 9.47 Å². The Morgan fingerprint density at radius 1 is 1.15 bits per heavy atom. The molecule has 0 aliphatic heterocycles. The predicted octanol–water partition coefficient (Wildman–Crippen LogP) is 6.30. The van der Waals surface area contributed by atoms with E-state index in [-0.39, 0.29) is 17.5 Å². The lowest BCUT2D eigenvalue weighted by Gasteiger charge is -2.41. The van der Waals surface area contributed by atoms with E-state index in [2.05, 4.69) is 13.8 Å². The number of fused-ring (bicyclic) bond motifs is 3. The van der Waals surface area contributed by atoms with Crippen LogP contribution in [0.15, 0.2) is 57.9 Å². The first-order valence-corrected chi connectivity index (χ1v) is 12.7. The molecule has 0 N–H and O–H groups in total. The number of thiophene rings is 1. The molecular weight excluding hydrogens is 432 g/mol. The summed E-state index contributed by atoms with van der Waals surface area (Å²) in [5.74, 6) is 1.75. The van der Waals surface area contributed by atoms with E-state index in [1.807, 2.05) is 54.3 Å². The van der Waals surface area contributed by atoms with Gasteiger partial charge in [-0.1, -0.05) is 44.9 Å². The molecule has 5 nitrogen and oxygen atoms in total. The number of aromatic nitrogens is 1. The van der Waals surface area contributed by atoms with E-state index in [4.69, 9.17) is 4.42 Å². The molecule has 1 fully saturated rings. The maximum absolute atomic E-state index is 14.0. The van der Waals surface area contributed by atoms with Gasteiger partial charge in [0.25, 0.3) is 11.5 Å². The third kappa shape index (κ3) is 3.80. The van der Waals surface area contributed by atoms with E-state index in [0.29, 0.717) is 35.2 Å². The molecule has 0 saturated heterocycles. The summed E-state index contributed by atoms with van der Waals surface area (Å²) in [5.41, 5.74) is 0.888. The quantitative estimate of drug-likeness (QED) is 0.350. The van der Waals surface area contributed by atoms with E-state index in [0.717, 1.165) is 34.2 Å². The van der Waals surface area contributed by atoms with Crippen molar-refractivity contribution in [1.29, 1.82) is 0 Å². The molecule has 3 aromatic heterocycles. The minimum Gasteiger partial charge on any atom is -0.467 e. The van der Waals surface area contributed by atoms with E-state index >= 15 is 0 Å². The molecule has 5 rings (SSSR count). The van der Waals surface area contributed by atoms with Crippen LogP contribution in [0.3, 0.4) is 0 Å². The Hall–Kier alpha value is -2.86. The van der Waals surface area contributed by atoms with Gasteiger partial charge in [-0.15, -0.1) is 11.3 Å². The Morgan fingerprint density at radius 2 is 1.97 bits per heavy atom. The van der Waals surface area contributed by atoms with Gasteiger partial charge in [0, 0.05) is 22.7 Å². The van der Waals surface area contributed by atoms with Crippen molar-refractivity contribution in [3.8, 4) is 0 Å². The van der Waals surface area contributed by atoms with E-state index in [9.17, 15) is 9.59 Å². The van der Waals surface area contributed by atoms with Crippen molar-refractivity contribution in [2.45, 2.75) is 59.2 Å². The summed E-state index contributed by atoms with van der Waals surface area (Å²) in [5, 5.41) is 1.65. The molecule has 1 aliphatic rings. The standard InChI is InChI=1S/C27H30N2O3S/c1-4-28-23-12-6-5-11-20(23)25-21(26(28)30)15-24(33-25)27(31)29(16-19-10-8-14-32-19)22-13-7-9-17(2)18(22)3/h5-6,8,10-12,14-15,17-18,22H,4,7,9,13,16H2,1-3H3/t17-,18-,22+/m0/s1. The summed E-state index contributed by atoms with van der Waals surface area (Å²) >= 11 is 1.44. The van der Waals surface area contributed by atoms with Crippen molar-refractivity contribution in [2.24, 2.45) is 11.8 Å². The summed E-state index contributed by atoms with van der Waals surface area (Å²) in [6, 6.07) is 13.7. The molecule has 172 valence electrons. The summed E-state index contributed by atoms with van der Waals surface area (Å²) in [7, 11) is 0. The molecule has 0 spiro atoms. The lowest BCUT2D eigenvalue weighted by molar-refractivity contribution is 0.0432. The van der Waals surface area contributed by atoms with Crippen molar-refractivity contribution in [3.63, 3.8) is 0 Å². The third-order valence-electron chi connectivity index (χ3n) is 7.41. The largest absolute Gasteiger partial charge is 0.467 e. The maximum Gasteiger partial charge on any atom is 0.264 e. The van der Waals surface area contributed by atoms with Crippen LogP contribution in [-0.2, 0) is 13.1 Å². The molecular formula is C27H30N2O3S. The molecule has 3 heterocycles. The summed E-state index contributed by atoms with van der Waals surface area (Å²) in [4.78, 5) is 29.9. The number of amides is 1. The first-order valence-electron chi connectivity index (χ1n) is 11.9. The van der Waals surface area contributed by atoms with Gasteiger partial charge in [-0.3, -0.25) is 9.59 Å². The van der Waals surface area contributed by atoms with Crippen molar-refractivity contribution >= 4 is 38.2 Å². The van der Waals surface area contributed by atoms with Crippen LogP contribution in [0.25, 0.3) is 21.0 Å². The number of carbonyl (C=O) groups excluding carboxylic acids is 1. The zero-order valence-corrected chi connectivity index (χ0v) is 20.2. The molecule has 0 unspecified atom stereocenters. The van der Waals surface area contributed by atoms with Crippen LogP contribution in [0.4, 0.5) is 0 Å². The number of aryl methyl sites for hydroxylation is 1. The molecule has 1 amide bonds. The Bertz CT molecular complexity index is 1350. The van der Waals surface area contributed by atoms with Gasteiger partial charge in [-0.25, -0.2) is 0 Å². The fraction of sp³-hybridized carbons (Fsp3) is 0.407. The monoisotopic (exact) mass is 462 g/mol. The molecule has 33 heavy (non-hydrogen) atoms. The number of pyridine rings is 1. The molecule has 0 bridgehead atoms. The molecule has 0 radical (unpaired) electrons. The summed E-state index contributed by atoms with van der Waals surface area (Å²) < 4.78 is 8.32. The lowest BCUT2D eigenvalue weighted by Crippen LogP contribution is -2.46. The second-order valence-electron chi connectivity index (χ2n) is 9.27. The van der Waals surface area contributed by atoms with Crippen LogP contribution < -0.4 is 5.56 Å². The van der Waals surface area contributed by atoms with E-state index < -0.39 is 0 Å². The van der Waals surface area contributed by atoms with Gasteiger partial charge in [0.15, 0.2) is 0 Å². The maximum atomic E-state index is 14.0. The Morgan fingerprint density at radius 3 is 2.73 bits per heavy atom. The lowest BCUT2D eigenvalue weighted by atomic mass is 9.77. The van der Waals surface area contributed by atoms with E-state index in [1.165, 1.54) is 17.8 Å². The number of nitrogens with zero attached hydrogens (tertiary/aromatic N) is 2. The summed E-state index contributed by atoms with van der Waals surface area (Å²) in [6.45, 7) is 7.56. The number of hydrogen-bond donors (Lipinski definition) is 0. The molecule has 1 saturated carbocycles. The van der Waals surface area contributed by atoms with Crippen LogP contribution in [0.5, 0.6) is 0 Å². The highest BCUT2D eigenvalue weighted by molar-refractivity contribution is 7.21. The molecule has 1 aromatic carbocycles. The summed E-state index contributed by atoms with van der Waals surface area (Å²) in [6.07, 6.45) is 4.97. The van der Waals surface area contributed by atoms with Gasteiger partial charge in [-0.05, 0) is 49.4 Å². The number of furan rings is 1. The van der Waals surface area contributed by atoms with Crippen LogP contribution in [0, 0.1) is 11.8 Å². The highest BCUT2D eigenvalue weighted by Gasteiger charge is 2.35. The van der Waals surface area contributed by atoms with Crippen molar-refractivity contribution in [3.05, 3.63) is 69.7 Å². The van der Waals surface area contributed by atoms with Gasteiger partial charge < -0.3 is 13.9 Å². The second-order valence-corrected chi connectivity index (χ2v) is 10.3. The Labute approximate surface area is 197 Å². The van der Waals surface area contributed by atoms with Crippen LogP contribution >= 0.6 is 11.3 Å². The first-order chi connectivity index (χ1) is 16.0. The zero-order valence-electron chi connectivity index (χ0n) is 19.4. The average Bonchev–Trinajstić information content (AvgIpc) is 3.50. The molecule has 1 aliphatic carbocycles. The van der Waals surface area contributed by atoms with Crippen molar-refractivity contribution < 1.29 is 9.21 Å². The van der Waals surface area contributed by atoms with Gasteiger partial charge in [0.05, 0.1) is 28.6 Å². The minimum atomic E-state index is -0.0289. The predicted molar refractivity (Wildman–Crippen MR) is 134 cm³/mol. The topological polar surface area (TPSA) is 55.5 Å². The number of hydrogen-bond acceptors (Lipinski definition) is 4. The minimum absolute atomic E-state index is 0.00919. The fourth-order valence-electron chi connectivity index (χ4n) is 5.37. The molecule has 4 aromatic rings. The Kier molecular flexibility index (Phi) is 5.87. The zero-order chi connectivity index (χ0) is 23.1. The second kappa shape index (κ2) is 8.82. The number of benzene rings is 1. The number of para-hydroxylation sites is 1. The normalized spacial score (nSPS) is 21.0. The molecule has 6 heteroatoms. The Balaban J connectivity index is 1.62. The van der Waals surface area contributed by atoms with Gasteiger partial charge in [0.1, 0.15) is 5.76 Å². The van der Waals surface area contributed by atoms with E-state index in [1.54, 1.807) is 10.8 Å². The third-order valence-corrected chi connectivity index (χ3v) is 8.56. The van der Waals surface area contributed by atoms with Crippen molar-refractivity contribution in [2.75, 3.05) is 0 Å².